The first-order chi connectivity index (χ1) is 13.6. The molecule has 0 saturated carbocycles. The number of carboxylic acid groups (broad SMARTS) is 1. The number of nitrogens with zero attached hydrogens (tertiary/aromatic N) is 1. The fourth-order valence-electron chi connectivity index (χ4n) is 4.24. The van der Waals surface area contributed by atoms with Crippen molar-refractivity contribution in [2.75, 3.05) is 11.4 Å². The van der Waals surface area contributed by atoms with Crippen LogP contribution in [-0.4, -0.2) is 23.8 Å². The van der Waals surface area contributed by atoms with Crippen LogP contribution in [-0.2, 0) is 11.2 Å². The largest absolute Gasteiger partial charge is 0.481 e. The average Bonchev–Trinajstić information content (AvgIpc) is 3.15. The normalized spacial score (nSPS) is 17.1. The third kappa shape index (κ3) is 4.80. The molecule has 1 heterocycles. The second kappa shape index (κ2) is 9.42. The number of anilines is 1. The topological polar surface area (TPSA) is 52.6 Å². The van der Waals surface area contributed by atoms with Gasteiger partial charge in [0.2, 0.25) is 0 Å². The lowest BCUT2D eigenvalue weighted by molar-refractivity contribution is -0.136. The highest BCUT2D eigenvalue weighted by molar-refractivity contribution is 8.93. The Bertz CT molecular complexity index is 969. The quantitative estimate of drug-likeness (QED) is 0.528. The Morgan fingerprint density at radius 3 is 2.59 bits per heavy atom. The first-order valence-electron chi connectivity index (χ1n) is 9.93. The molecule has 29 heavy (non-hydrogen) atoms. The summed E-state index contributed by atoms with van der Waals surface area (Å²) in [6, 6.07) is 23.2. The van der Waals surface area contributed by atoms with Crippen LogP contribution in [0.2, 0.25) is 0 Å². The Kier molecular flexibility index (Phi) is 6.93. The first-order valence-corrected chi connectivity index (χ1v) is 9.93. The van der Waals surface area contributed by atoms with Crippen molar-refractivity contribution in [3.05, 3.63) is 77.9 Å². The highest BCUT2D eigenvalue weighted by Crippen LogP contribution is 2.29. The molecule has 0 amide bonds. The molecule has 0 radical (unpaired) electrons. The van der Waals surface area contributed by atoms with Gasteiger partial charge in [0, 0.05) is 18.3 Å². The Morgan fingerprint density at radius 1 is 1.10 bits per heavy atom. The lowest BCUT2D eigenvalue weighted by Crippen LogP contribution is -2.42. The first kappa shape index (κ1) is 21.3. The van der Waals surface area contributed by atoms with Crippen molar-refractivity contribution >= 4 is 39.4 Å². The molecule has 5 heteroatoms. The van der Waals surface area contributed by atoms with Gasteiger partial charge in [-0.05, 0) is 53.8 Å². The van der Waals surface area contributed by atoms with E-state index in [0.717, 1.165) is 30.6 Å². The Hall–Kier alpha value is -2.37. The monoisotopic (exact) mass is 454 g/mol. The van der Waals surface area contributed by atoms with Crippen LogP contribution < -0.4 is 10.2 Å². The number of benzene rings is 3. The maximum Gasteiger partial charge on any atom is 0.307 e. The summed E-state index contributed by atoms with van der Waals surface area (Å²) in [5, 5.41) is 15.3. The number of nitrogens with one attached hydrogen (secondary N) is 1. The lowest BCUT2D eigenvalue weighted by atomic mass is 9.99. The minimum Gasteiger partial charge on any atom is -0.481 e. The number of carbonyl (C=O) groups is 1. The van der Waals surface area contributed by atoms with Crippen molar-refractivity contribution in [3.8, 4) is 0 Å². The zero-order chi connectivity index (χ0) is 19.5. The summed E-state index contributed by atoms with van der Waals surface area (Å²) in [4.78, 5) is 13.3. The van der Waals surface area contributed by atoms with Crippen LogP contribution in [0.1, 0.15) is 36.9 Å². The fourth-order valence-corrected chi connectivity index (χ4v) is 4.24. The van der Waals surface area contributed by atoms with Gasteiger partial charge in [0.1, 0.15) is 0 Å². The number of aliphatic carboxylic acids is 1. The van der Waals surface area contributed by atoms with Gasteiger partial charge in [0.25, 0.3) is 0 Å². The van der Waals surface area contributed by atoms with E-state index in [4.69, 9.17) is 5.11 Å². The third-order valence-corrected chi connectivity index (χ3v) is 5.61. The van der Waals surface area contributed by atoms with Gasteiger partial charge < -0.3 is 10.0 Å². The van der Waals surface area contributed by atoms with Gasteiger partial charge in [-0.2, -0.15) is 0 Å². The highest BCUT2D eigenvalue weighted by atomic mass is 79.9. The molecule has 152 valence electrons. The molecule has 2 atom stereocenters. The van der Waals surface area contributed by atoms with Crippen LogP contribution in [0.4, 0.5) is 5.69 Å². The predicted octanol–water partition coefficient (Wildman–Crippen LogP) is 5.32. The molecule has 0 spiro atoms. The molecule has 0 aromatic heterocycles. The molecule has 0 bridgehead atoms. The van der Waals surface area contributed by atoms with Crippen LogP contribution in [0.25, 0.3) is 10.8 Å². The zero-order valence-electron chi connectivity index (χ0n) is 16.5. The van der Waals surface area contributed by atoms with E-state index in [0.29, 0.717) is 0 Å². The van der Waals surface area contributed by atoms with Gasteiger partial charge in [-0.25, -0.2) is 0 Å². The van der Waals surface area contributed by atoms with Crippen molar-refractivity contribution in [2.24, 2.45) is 0 Å². The summed E-state index contributed by atoms with van der Waals surface area (Å²) in [5.41, 5.74) is 3.31. The summed E-state index contributed by atoms with van der Waals surface area (Å²) in [5.74, 6) is -0.794. The van der Waals surface area contributed by atoms with Gasteiger partial charge in [-0.15, -0.1) is 17.0 Å². The molecule has 1 fully saturated rings. The number of rotatable bonds is 6. The number of hydrogen-bond donors (Lipinski definition) is 2. The van der Waals surface area contributed by atoms with Crippen molar-refractivity contribution in [1.29, 1.82) is 0 Å². The van der Waals surface area contributed by atoms with Gasteiger partial charge >= 0.3 is 5.97 Å². The predicted molar refractivity (Wildman–Crippen MR) is 124 cm³/mol. The minimum atomic E-state index is -0.794. The van der Waals surface area contributed by atoms with Crippen LogP contribution in [0.15, 0.2) is 66.7 Å². The van der Waals surface area contributed by atoms with Crippen LogP contribution in [0.3, 0.4) is 0 Å². The summed E-state index contributed by atoms with van der Waals surface area (Å²) < 4.78 is 0. The summed E-state index contributed by atoms with van der Waals surface area (Å²) in [6.45, 7) is 3.24. The standard InChI is InChI=1S/C24H26N2O2.BrH/c1-17(21-9-4-7-19-6-2-3-8-22(19)21)25-23-10-5-15-26(23)20-13-11-18(12-14-20)16-24(27)28;/h2-4,6-9,11-14,17,23,25H,5,10,15-16H2,1H3,(H,27,28);1H. The highest BCUT2D eigenvalue weighted by Gasteiger charge is 2.26. The average molecular weight is 455 g/mol. The van der Waals surface area contributed by atoms with E-state index in [-0.39, 0.29) is 35.6 Å². The Balaban J connectivity index is 0.00000240. The molecule has 1 aliphatic rings. The third-order valence-electron chi connectivity index (χ3n) is 5.61. The molecule has 2 N–H and O–H groups in total. The van der Waals surface area contributed by atoms with Crippen LogP contribution >= 0.6 is 17.0 Å². The smallest absolute Gasteiger partial charge is 0.307 e. The van der Waals surface area contributed by atoms with Gasteiger partial charge in [0.05, 0.1) is 12.6 Å². The zero-order valence-corrected chi connectivity index (χ0v) is 18.3. The second-order valence-corrected chi connectivity index (χ2v) is 7.55. The molecular weight excluding hydrogens is 428 g/mol. The van der Waals surface area contributed by atoms with E-state index in [1.807, 2.05) is 24.3 Å². The van der Waals surface area contributed by atoms with Crippen LogP contribution in [0.5, 0.6) is 0 Å². The van der Waals surface area contributed by atoms with Crippen molar-refractivity contribution in [2.45, 2.75) is 38.4 Å². The maximum atomic E-state index is 10.9. The molecular formula is C24H27BrN2O2. The lowest BCUT2D eigenvalue weighted by Gasteiger charge is -2.31. The second-order valence-electron chi connectivity index (χ2n) is 7.55. The van der Waals surface area contributed by atoms with Gasteiger partial charge in [-0.1, -0.05) is 54.6 Å². The van der Waals surface area contributed by atoms with E-state index in [2.05, 4.69) is 59.6 Å². The van der Waals surface area contributed by atoms with Gasteiger partial charge in [-0.3, -0.25) is 10.1 Å². The van der Waals surface area contributed by atoms with E-state index in [1.165, 1.54) is 16.3 Å². The molecule has 2 unspecified atom stereocenters. The number of carboxylic acids is 1. The molecule has 4 nitrogen and oxygen atoms in total. The molecule has 4 rings (SSSR count). The minimum absolute atomic E-state index is 0. The van der Waals surface area contributed by atoms with E-state index in [1.54, 1.807) is 0 Å². The fraction of sp³-hybridized carbons (Fsp3) is 0.292. The van der Waals surface area contributed by atoms with Crippen LogP contribution in [0, 0.1) is 0 Å². The molecule has 3 aromatic carbocycles. The summed E-state index contributed by atoms with van der Waals surface area (Å²) >= 11 is 0. The SMILES string of the molecule is Br.CC(NC1CCCN1c1ccc(CC(=O)O)cc1)c1cccc2ccccc12. The summed E-state index contributed by atoms with van der Waals surface area (Å²) in [6.07, 6.45) is 2.60. The number of fused-ring (bicyclic) bond motifs is 1. The Morgan fingerprint density at radius 2 is 1.83 bits per heavy atom. The number of hydrogen-bond acceptors (Lipinski definition) is 3. The van der Waals surface area contributed by atoms with Crippen molar-refractivity contribution in [1.82, 2.24) is 5.32 Å². The number of halogens is 1. The molecule has 1 saturated heterocycles. The van der Waals surface area contributed by atoms with E-state index in [9.17, 15) is 4.79 Å². The Labute approximate surface area is 182 Å². The van der Waals surface area contributed by atoms with Crippen molar-refractivity contribution in [3.63, 3.8) is 0 Å². The van der Waals surface area contributed by atoms with Crippen molar-refractivity contribution < 1.29 is 9.90 Å². The maximum absolute atomic E-state index is 10.9. The summed E-state index contributed by atoms with van der Waals surface area (Å²) in [7, 11) is 0. The molecule has 0 aliphatic carbocycles. The van der Waals surface area contributed by atoms with Gasteiger partial charge in [0.15, 0.2) is 0 Å². The van der Waals surface area contributed by atoms with E-state index >= 15 is 0 Å². The van der Waals surface area contributed by atoms with E-state index < -0.39 is 5.97 Å². The molecule has 3 aromatic rings. The molecule has 1 aliphatic heterocycles.